The smallest absolute Gasteiger partial charge is 0.253 e. The zero-order valence-electron chi connectivity index (χ0n) is 17.9. The van der Waals surface area contributed by atoms with Gasteiger partial charge >= 0.3 is 0 Å². The molecule has 2 amide bonds. The van der Waals surface area contributed by atoms with Gasteiger partial charge in [0.15, 0.2) is 0 Å². The average Bonchev–Trinajstić information content (AvgIpc) is 2.73. The van der Waals surface area contributed by atoms with Gasteiger partial charge in [-0.3, -0.25) is 14.5 Å². The lowest BCUT2D eigenvalue weighted by Gasteiger charge is -2.36. The summed E-state index contributed by atoms with van der Waals surface area (Å²) >= 11 is 0. The highest BCUT2D eigenvalue weighted by Crippen LogP contribution is 2.23. The van der Waals surface area contributed by atoms with Gasteiger partial charge in [0.05, 0.1) is 6.54 Å². The maximum Gasteiger partial charge on any atom is 0.253 e. The molecule has 1 atom stereocenters. The Bertz CT molecular complexity index is 855. The highest BCUT2D eigenvalue weighted by Gasteiger charge is 2.25. The van der Waals surface area contributed by atoms with Gasteiger partial charge in [-0.1, -0.05) is 37.3 Å². The maximum absolute atomic E-state index is 12.7. The number of halogens is 1. The molecule has 0 radical (unpaired) electrons. The van der Waals surface area contributed by atoms with Crippen LogP contribution in [0.5, 0.6) is 0 Å². The molecule has 1 aliphatic rings. The Morgan fingerprint density at radius 2 is 1.90 bits per heavy atom. The molecular formula is C23H31ClN4O2. The van der Waals surface area contributed by atoms with E-state index in [2.05, 4.69) is 46.7 Å². The maximum atomic E-state index is 12.7. The predicted octanol–water partition coefficient (Wildman–Crippen LogP) is 2.96. The van der Waals surface area contributed by atoms with Crippen molar-refractivity contribution in [3.8, 4) is 0 Å². The molecule has 7 heteroatoms. The molecule has 0 spiro atoms. The Kier molecular flexibility index (Phi) is 8.84. The fraction of sp³-hybridized carbons (Fsp3) is 0.391. The van der Waals surface area contributed by atoms with Crippen molar-refractivity contribution in [1.29, 1.82) is 0 Å². The molecule has 0 bridgehead atoms. The van der Waals surface area contributed by atoms with Gasteiger partial charge in [0.2, 0.25) is 5.91 Å². The molecule has 1 fully saturated rings. The summed E-state index contributed by atoms with van der Waals surface area (Å²) in [5.41, 5.74) is 3.74. The second kappa shape index (κ2) is 11.1. The van der Waals surface area contributed by atoms with E-state index in [0.717, 1.165) is 26.1 Å². The van der Waals surface area contributed by atoms with Crippen LogP contribution in [0.1, 0.15) is 34.5 Å². The third kappa shape index (κ3) is 6.05. The first-order valence-corrected chi connectivity index (χ1v) is 10.1. The van der Waals surface area contributed by atoms with E-state index in [1.807, 2.05) is 6.07 Å². The molecule has 1 unspecified atom stereocenters. The number of carbonyl (C=O) groups excluding carboxylic acids is 2. The average molecular weight is 431 g/mol. The standard InChI is InChI=1S/C23H30N4O2.ClH/c1-4-17-8-10-18(11-9-17)21-15-24-12-13-27(21)16-22(28)25-20-7-5-6-19(14-20)23(29)26(2)3;/h5-11,14,21,24H,4,12-13,15-16H2,1-3H3,(H,25,28);1H. The van der Waals surface area contributed by atoms with Crippen molar-refractivity contribution in [3.63, 3.8) is 0 Å². The summed E-state index contributed by atoms with van der Waals surface area (Å²) in [4.78, 5) is 28.6. The number of carbonyl (C=O) groups is 2. The van der Waals surface area contributed by atoms with Crippen molar-refractivity contribution in [2.45, 2.75) is 19.4 Å². The minimum Gasteiger partial charge on any atom is -0.345 e. The van der Waals surface area contributed by atoms with E-state index in [-0.39, 0.29) is 30.3 Å². The molecule has 3 rings (SSSR count). The first-order chi connectivity index (χ1) is 14.0. The Hall–Kier alpha value is -2.41. The largest absolute Gasteiger partial charge is 0.345 e. The number of anilines is 1. The molecule has 2 N–H and O–H groups in total. The van der Waals surface area contributed by atoms with E-state index in [4.69, 9.17) is 0 Å². The van der Waals surface area contributed by atoms with Gasteiger partial charge in [0.25, 0.3) is 5.91 Å². The Labute approximate surface area is 185 Å². The van der Waals surface area contributed by atoms with Crippen molar-refractivity contribution < 1.29 is 9.59 Å². The van der Waals surface area contributed by atoms with Gasteiger partial charge in [-0.2, -0.15) is 0 Å². The first-order valence-electron chi connectivity index (χ1n) is 10.1. The molecule has 0 aromatic heterocycles. The lowest BCUT2D eigenvalue weighted by atomic mass is 10.0. The Morgan fingerprint density at radius 3 is 2.57 bits per heavy atom. The van der Waals surface area contributed by atoms with Crippen molar-refractivity contribution in [3.05, 3.63) is 65.2 Å². The van der Waals surface area contributed by atoms with Crippen LogP contribution >= 0.6 is 12.4 Å². The van der Waals surface area contributed by atoms with Gasteiger partial charge < -0.3 is 15.5 Å². The van der Waals surface area contributed by atoms with Gasteiger partial charge in [-0.15, -0.1) is 12.4 Å². The van der Waals surface area contributed by atoms with E-state index in [9.17, 15) is 9.59 Å². The van der Waals surface area contributed by atoms with Crippen LogP contribution < -0.4 is 10.6 Å². The number of aryl methyl sites for hydroxylation is 1. The van der Waals surface area contributed by atoms with Gasteiger partial charge in [-0.05, 0) is 35.7 Å². The van der Waals surface area contributed by atoms with Crippen LogP contribution in [0.3, 0.4) is 0 Å². The molecular weight excluding hydrogens is 400 g/mol. The second-order valence-corrected chi connectivity index (χ2v) is 7.61. The van der Waals surface area contributed by atoms with Crippen LogP contribution in [-0.4, -0.2) is 61.9 Å². The fourth-order valence-electron chi connectivity index (χ4n) is 3.61. The van der Waals surface area contributed by atoms with Crippen LogP contribution in [0, 0.1) is 0 Å². The zero-order valence-corrected chi connectivity index (χ0v) is 18.7. The van der Waals surface area contributed by atoms with E-state index in [0.29, 0.717) is 17.8 Å². The minimum atomic E-state index is -0.0844. The number of hydrogen-bond donors (Lipinski definition) is 2. The highest BCUT2D eigenvalue weighted by atomic mass is 35.5. The number of nitrogens with zero attached hydrogens (tertiary/aromatic N) is 2. The van der Waals surface area contributed by atoms with Crippen molar-refractivity contribution in [1.82, 2.24) is 15.1 Å². The van der Waals surface area contributed by atoms with Crippen LogP contribution in [-0.2, 0) is 11.2 Å². The number of hydrogen-bond acceptors (Lipinski definition) is 4. The summed E-state index contributed by atoms with van der Waals surface area (Å²) in [7, 11) is 3.43. The summed E-state index contributed by atoms with van der Waals surface area (Å²) in [6, 6.07) is 15.9. The van der Waals surface area contributed by atoms with Gasteiger partial charge in [-0.25, -0.2) is 0 Å². The number of nitrogens with one attached hydrogen (secondary N) is 2. The predicted molar refractivity (Wildman–Crippen MR) is 123 cm³/mol. The molecule has 1 heterocycles. The quantitative estimate of drug-likeness (QED) is 0.739. The normalized spacial score (nSPS) is 16.4. The van der Waals surface area contributed by atoms with Crippen LogP contribution in [0.15, 0.2) is 48.5 Å². The van der Waals surface area contributed by atoms with Gasteiger partial charge in [0.1, 0.15) is 0 Å². The van der Waals surface area contributed by atoms with E-state index < -0.39 is 0 Å². The van der Waals surface area contributed by atoms with Crippen molar-refractivity contribution in [2.24, 2.45) is 0 Å². The number of piperazine rings is 1. The Balaban J connectivity index is 0.00000320. The zero-order chi connectivity index (χ0) is 20.8. The SMILES string of the molecule is CCc1ccc(C2CNCCN2CC(=O)Nc2cccc(C(=O)N(C)C)c2)cc1.Cl. The van der Waals surface area contributed by atoms with E-state index >= 15 is 0 Å². The second-order valence-electron chi connectivity index (χ2n) is 7.61. The molecule has 1 saturated heterocycles. The molecule has 0 aliphatic carbocycles. The number of rotatable bonds is 6. The summed E-state index contributed by atoms with van der Waals surface area (Å²) in [6.45, 7) is 4.96. The topological polar surface area (TPSA) is 64.7 Å². The number of amides is 2. The third-order valence-electron chi connectivity index (χ3n) is 5.27. The summed E-state index contributed by atoms with van der Waals surface area (Å²) < 4.78 is 0. The molecule has 30 heavy (non-hydrogen) atoms. The minimum absolute atomic E-state index is 0. The number of benzene rings is 2. The van der Waals surface area contributed by atoms with Crippen LogP contribution in [0.2, 0.25) is 0 Å². The third-order valence-corrected chi connectivity index (χ3v) is 5.27. The molecule has 162 valence electrons. The van der Waals surface area contributed by atoms with Crippen LogP contribution in [0.25, 0.3) is 0 Å². The summed E-state index contributed by atoms with van der Waals surface area (Å²) in [6.07, 6.45) is 1.02. The van der Waals surface area contributed by atoms with E-state index in [1.165, 1.54) is 16.0 Å². The Morgan fingerprint density at radius 1 is 1.17 bits per heavy atom. The molecule has 2 aromatic rings. The molecule has 6 nitrogen and oxygen atoms in total. The van der Waals surface area contributed by atoms with Crippen LogP contribution in [0.4, 0.5) is 5.69 Å². The monoisotopic (exact) mass is 430 g/mol. The lowest BCUT2D eigenvalue weighted by molar-refractivity contribution is -0.118. The van der Waals surface area contributed by atoms with Crippen molar-refractivity contribution >= 4 is 29.9 Å². The summed E-state index contributed by atoms with van der Waals surface area (Å²) in [5.74, 6) is -0.157. The molecule has 2 aromatic carbocycles. The van der Waals surface area contributed by atoms with Gasteiger partial charge in [0, 0.05) is 51.0 Å². The van der Waals surface area contributed by atoms with Crippen molar-refractivity contribution in [2.75, 3.05) is 45.6 Å². The molecule has 0 saturated carbocycles. The first kappa shape index (κ1) is 23.9. The lowest BCUT2D eigenvalue weighted by Crippen LogP contribution is -2.48. The fourth-order valence-corrected chi connectivity index (χ4v) is 3.61. The highest BCUT2D eigenvalue weighted by molar-refractivity contribution is 5.97. The summed E-state index contributed by atoms with van der Waals surface area (Å²) in [5, 5.41) is 6.37. The molecule has 1 aliphatic heterocycles. The van der Waals surface area contributed by atoms with E-state index in [1.54, 1.807) is 32.3 Å².